The van der Waals surface area contributed by atoms with Crippen LogP contribution in [0.25, 0.3) is 0 Å². The van der Waals surface area contributed by atoms with Crippen molar-refractivity contribution < 1.29 is 17.6 Å². The first-order valence-electron chi connectivity index (χ1n) is 9.24. The molecule has 2 N–H and O–H groups in total. The van der Waals surface area contributed by atoms with E-state index >= 15 is 0 Å². The molecule has 1 amide bonds. The summed E-state index contributed by atoms with van der Waals surface area (Å²) < 4.78 is 40.1. The van der Waals surface area contributed by atoms with Crippen LogP contribution in [0.3, 0.4) is 0 Å². The summed E-state index contributed by atoms with van der Waals surface area (Å²) in [7, 11) is -3.74. The Morgan fingerprint density at radius 2 is 1.53 bits per heavy atom. The lowest BCUT2D eigenvalue weighted by Gasteiger charge is -2.09. The summed E-state index contributed by atoms with van der Waals surface area (Å²) in [4.78, 5) is 12.3. The lowest BCUT2D eigenvalue weighted by atomic mass is 10.1. The van der Waals surface area contributed by atoms with Crippen LogP contribution in [-0.2, 0) is 16.4 Å². The van der Waals surface area contributed by atoms with Crippen LogP contribution < -0.4 is 10.0 Å². The second-order valence-corrected chi connectivity index (χ2v) is 8.74. The number of amides is 1. The van der Waals surface area contributed by atoms with Crippen molar-refractivity contribution in [2.75, 3.05) is 11.3 Å². The van der Waals surface area contributed by atoms with Gasteiger partial charge in [-0.1, -0.05) is 23.7 Å². The van der Waals surface area contributed by atoms with E-state index < -0.39 is 10.0 Å². The van der Waals surface area contributed by atoms with E-state index in [1.54, 1.807) is 24.3 Å². The standard InChI is InChI=1S/C22H20ClFN2O3S/c23-18-7-13-21(14-8-18)30(28,29)26-20-11-5-17(6-12-20)22(27)25-15-1-2-16-3-9-19(24)10-4-16/h3-14,26H,1-2,15H2,(H,25,27). The molecule has 156 valence electrons. The zero-order valence-electron chi connectivity index (χ0n) is 15.9. The molecule has 0 aliphatic heterocycles. The second kappa shape index (κ2) is 9.73. The predicted molar refractivity (Wildman–Crippen MR) is 116 cm³/mol. The Morgan fingerprint density at radius 3 is 2.17 bits per heavy atom. The quantitative estimate of drug-likeness (QED) is 0.495. The first-order chi connectivity index (χ1) is 14.3. The molecule has 0 spiro atoms. The van der Waals surface area contributed by atoms with Crippen molar-refractivity contribution in [3.63, 3.8) is 0 Å². The van der Waals surface area contributed by atoms with Gasteiger partial charge in [-0.25, -0.2) is 12.8 Å². The highest BCUT2D eigenvalue weighted by Gasteiger charge is 2.14. The Hall–Kier alpha value is -2.90. The molecule has 0 saturated carbocycles. The molecule has 0 unspecified atom stereocenters. The number of benzene rings is 3. The van der Waals surface area contributed by atoms with Gasteiger partial charge in [0.05, 0.1) is 4.90 Å². The van der Waals surface area contributed by atoms with Crippen LogP contribution in [0.15, 0.2) is 77.7 Å². The molecule has 0 aromatic heterocycles. The van der Waals surface area contributed by atoms with Gasteiger partial charge >= 0.3 is 0 Å². The normalized spacial score (nSPS) is 11.1. The highest BCUT2D eigenvalue weighted by atomic mass is 35.5. The van der Waals surface area contributed by atoms with Crippen molar-refractivity contribution in [2.24, 2.45) is 0 Å². The topological polar surface area (TPSA) is 75.3 Å². The molecule has 3 aromatic rings. The van der Waals surface area contributed by atoms with E-state index in [-0.39, 0.29) is 16.6 Å². The minimum Gasteiger partial charge on any atom is -0.352 e. The van der Waals surface area contributed by atoms with Crippen molar-refractivity contribution >= 4 is 33.2 Å². The van der Waals surface area contributed by atoms with Crippen molar-refractivity contribution in [2.45, 2.75) is 17.7 Å². The number of hydrogen-bond acceptors (Lipinski definition) is 3. The van der Waals surface area contributed by atoms with Crippen LogP contribution in [0.2, 0.25) is 5.02 Å². The van der Waals surface area contributed by atoms with Crippen LogP contribution in [-0.4, -0.2) is 20.9 Å². The molecule has 30 heavy (non-hydrogen) atoms. The molecule has 8 heteroatoms. The number of rotatable bonds is 8. The van der Waals surface area contributed by atoms with Crippen LogP contribution >= 0.6 is 11.6 Å². The summed E-state index contributed by atoms with van der Waals surface area (Å²) in [5.74, 6) is -0.521. The highest BCUT2D eigenvalue weighted by molar-refractivity contribution is 7.92. The third-order valence-electron chi connectivity index (χ3n) is 4.36. The SMILES string of the molecule is O=C(NCCCc1ccc(F)cc1)c1ccc(NS(=O)(=O)c2ccc(Cl)cc2)cc1. The Balaban J connectivity index is 1.51. The van der Waals surface area contributed by atoms with E-state index in [1.807, 2.05) is 0 Å². The van der Waals surface area contributed by atoms with Gasteiger partial charge in [-0.05, 0) is 79.1 Å². The molecule has 0 atom stereocenters. The number of carbonyl (C=O) groups is 1. The van der Waals surface area contributed by atoms with Crippen LogP contribution in [0.1, 0.15) is 22.3 Å². The van der Waals surface area contributed by atoms with E-state index in [2.05, 4.69) is 10.0 Å². The molecular formula is C22H20ClFN2O3S. The highest BCUT2D eigenvalue weighted by Crippen LogP contribution is 2.18. The number of nitrogens with one attached hydrogen (secondary N) is 2. The van der Waals surface area contributed by atoms with Gasteiger partial charge in [-0.15, -0.1) is 0 Å². The van der Waals surface area contributed by atoms with Crippen LogP contribution in [0.5, 0.6) is 0 Å². The number of sulfonamides is 1. The first-order valence-corrected chi connectivity index (χ1v) is 11.1. The second-order valence-electron chi connectivity index (χ2n) is 6.62. The summed E-state index contributed by atoms with van der Waals surface area (Å²) in [5.41, 5.74) is 1.77. The largest absolute Gasteiger partial charge is 0.352 e. The number of halogens is 2. The molecule has 3 aromatic carbocycles. The lowest BCUT2D eigenvalue weighted by Crippen LogP contribution is -2.24. The molecule has 3 rings (SSSR count). The van der Waals surface area contributed by atoms with Crippen molar-refractivity contribution in [3.8, 4) is 0 Å². The first kappa shape index (κ1) is 21.8. The van der Waals surface area contributed by atoms with Gasteiger partial charge in [0.15, 0.2) is 0 Å². The molecule has 0 bridgehead atoms. The van der Waals surface area contributed by atoms with Crippen LogP contribution in [0, 0.1) is 5.82 Å². The molecule has 5 nitrogen and oxygen atoms in total. The van der Waals surface area contributed by atoms with Crippen LogP contribution in [0.4, 0.5) is 10.1 Å². The maximum absolute atomic E-state index is 12.9. The summed E-state index contributed by atoms with van der Waals surface area (Å²) in [6, 6.07) is 18.3. The fraction of sp³-hybridized carbons (Fsp3) is 0.136. The zero-order chi connectivity index (χ0) is 21.6. The third kappa shape index (κ3) is 6.05. The lowest BCUT2D eigenvalue weighted by molar-refractivity contribution is 0.0953. The maximum Gasteiger partial charge on any atom is 0.261 e. The minimum absolute atomic E-state index is 0.0925. The smallest absolute Gasteiger partial charge is 0.261 e. The Bertz CT molecular complexity index is 1100. The Kier molecular flexibility index (Phi) is 7.07. The minimum atomic E-state index is -3.74. The third-order valence-corrected chi connectivity index (χ3v) is 6.01. The van der Waals surface area contributed by atoms with Gasteiger partial charge in [-0.3, -0.25) is 9.52 Å². The summed E-state index contributed by atoms with van der Waals surface area (Å²) >= 11 is 5.78. The van der Waals surface area contributed by atoms with E-state index in [9.17, 15) is 17.6 Å². The van der Waals surface area contributed by atoms with Crippen molar-refractivity contribution in [1.82, 2.24) is 5.32 Å². The number of hydrogen-bond donors (Lipinski definition) is 2. The van der Waals surface area contributed by atoms with Gasteiger partial charge in [0.1, 0.15) is 5.82 Å². The summed E-state index contributed by atoms with van der Waals surface area (Å²) in [6.07, 6.45) is 1.45. The summed E-state index contributed by atoms with van der Waals surface area (Å²) in [5, 5.41) is 3.26. The molecule has 0 heterocycles. The number of aryl methyl sites for hydroxylation is 1. The van der Waals surface area contributed by atoms with Crippen molar-refractivity contribution in [1.29, 1.82) is 0 Å². The predicted octanol–water partition coefficient (Wildman–Crippen LogP) is 4.64. The van der Waals surface area contributed by atoms with Gasteiger partial charge < -0.3 is 5.32 Å². The molecule has 0 saturated heterocycles. The summed E-state index contributed by atoms with van der Waals surface area (Å²) in [6.45, 7) is 0.473. The average Bonchev–Trinajstić information content (AvgIpc) is 2.73. The maximum atomic E-state index is 12.9. The van der Waals surface area contributed by atoms with Gasteiger partial charge in [-0.2, -0.15) is 0 Å². The molecule has 0 fully saturated rings. The zero-order valence-corrected chi connectivity index (χ0v) is 17.5. The molecule has 0 aliphatic carbocycles. The Labute approximate surface area is 179 Å². The monoisotopic (exact) mass is 446 g/mol. The number of carbonyl (C=O) groups excluding carboxylic acids is 1. The van der Waals surface area contributed by atoms with E-state index in [0.717, 1.165) is 18.4 Å². The molecular weight excluding hydrogens is 427 g/mol. The number of anilines is 1. The van der Waals surface area contributed by atoms with Crippen molar-refractivity contribution in [3.05, 3.63) is 94.8 Å². The van der Waals surface area contributed by atoms with E-state index in [1.165, 1.54) is 48.5 Å². The van der Waals surface area contributed by atoms with Gasteiger partial charge in [0, 0.05) is 22.8 Å². The van der Waals surface area contributed by atoms with E-state index in [4.69, 9.17) is 11.6 Å². The molecule has 0 radical (unpaired) electrons. The van der Waals surface area contributed by atoms with E-state index in [0.29, 0.717) is 22.8 Å². The van der Waals surface area contributed by atoms with Gasteiger partial charge in [0.25, 0.3) is 15.9 Å². The van der Waals surface area contributed by atoms with Gasteiger partial charge in [0.2, 0.25) is 0 Å². The molecule has 0 aliphatic rings. The Morgan fingerprint density at radius 1 is 0.900 bits per heavy atom. The average molecular weight is 447 g/mol. The fourth-order valence-electron chi connectivity index (χ4n) is 2.77. The fourth-order valence-corrected chi connectivity index (χ4v) is 3.95.